The van der Waals surface area contributed by atoms with Crippen molar-refractivity contribution in [3.63, 3.8) is 0 Å². The van der Waals surface area contributed by atoms with Crippen LogP contribution in [0.15, 0.2) is 53.3 Å². The monoisotopic (exact) mass is 330 g/mol. The van der Waals surface area contributed by atoms with Crippen molar-refractivity contribution < 1.29 is 4.74 Å². The van der Waals surface area contributed by atoms with Gasteiger partial charge in [-0.3, -0.25) is 0 Å². The summed E-state index contributed by atoms with van der Waals surface area (Å²) in [7, 11) is 1.69. The molecule has 0 amide bonds. The van der Waals surface area contributed by atoms with E-state index in [1.54, 1.807) is 7.11 Å². The Bertz CT molecular complexity index is 736. The highest BCUT2D eigenvalue weighted by atomic mass is 79.9. The maximum atomic E-state index is 5.25. The van der Waals surface area contributed by atoms with Crippen LogP contribution in [0.25, 0.3) is 5.52 Å². The number of aryl methyl sites for hydroxylation is 2. The summed E-state index contributed by atoms with van der Waals surface area (Å²) in [6.07, 6.45) is 3.88. The van der Waals surface area contributed by atoms with Crippen molar-refractivity contribution in [3.05, 3.63) is 64.7 Å². The highest BCUT2D eigenvalue weighted by Crippen LogP contribution is 2.20. The summed E-state index contributed by atoms with van der Waals surface area (Å²) < 4.78 is 8.28. The molecule has 0 saturated carbocycles. The van der Waals surface area contributed by atoms with E-state index in [1.165, 1.54) is 5.56 Å². The van der Waals surface area contributed by atoms with Gasteiger partial charge in [0.05, 0.1) is 12.6 Å². The van der Waals surface area contributed by atoms with Gasteiger partial charge < -0.3 is 9.14 Å². The van der Waals surface area contributed by atoms with Gasteiger partial charge in [-0.2, -0.15) is 0 Å². The molecule has 0 aliphatic heterocycles. The van der Waals surface area contributed by atoms with Gasteiger partial charge in [0.2, 0.25) is 0 Å². The number of fused-ring (bicyclic) bond motifs is 1. The third-order valence-electron chi connectivity index (χ3n) is 3.35. The maximum absolute atomic E-state index is 5.25. The fourth-order valence-corrected chi connectivity index (χ4v) is 2.85. The number of pyridine rings is 1. The van der Waals surface area contributed by atoms with Gasteiger partial charge in [-0.15, -0.1) is 0 Å². The minimum Gasteiger partial charge on any atom is -0.497 e. The zero-order valence-corrected chi connectivity index (χ0v) is 12.8. The second kappa shape index (κ2) is 5.67. The number of benzene rings is 1. The Morgan fingerprint density at radius 1 is 1.15 bits per heavy atom. The van der Waals surface area contributed by atoms with Gasteiger partial charge in [0.25, 0.3) is 0 Å². The van der Waals surface area contributed by atoms with E-state index >= 15 is 0 Å². The van der Waals surface area contributed by atoms with Crippen molar-refractivity contribution in [3.8, 4) is 5.75 Å². The molecule has 0 unspecified atom stereocenters. The number of hydrogen-bond donors (Lipinski definition) is 0. The first-order valence-corrected chi connectivity index (χ1v) is 7.31. The maximum Gasteiger partial charge on any atom is 0.132 e. The number of hydrogen-bond acceptors (Lipinski definition) is 2. The highest BCUT2D eigenvalue weighted by Gasteiger charge is 2.08. The number of imidazole rings is 1. The summed E-state index contributed by atoms with van der Waals surface area (Å²) in [5.41, 5.74) is 2.36. The molecule has 102 valence electrons. The van der Waals surface area contributed by atoms with Crippen molar-refractivity contribution in [2.24, 2.45) is 0 Å². The molecule has 3 nitrogen and oxygen atoms in total. The summed E-state index contributed by atoms with van der Waals surface area (Å²) in [5, 5.41) is 0. The standard InChI is InChI=1S/C16H15BrN2O/c1-20-13-6-4-5-12(11-13)8-9-15-18-16(17)14-7-2-3-10-19(14)15/h2-7,10-11H,8-9H2,1H3. The Balaban J connectivity index is 1.83. The minimum atomic E-state index is 0.893. The van der Waals surface area contributed by atoms with Gasteiger partial charge in [0.1, 0.15) is 16.2 Å². The van der Waals surface area contributed by atoms with Crippen LogP contribution in [0.1, 0.15) is 11.4 Å². The van der Waals surface area contributed by atoms with Gasteiger partial charge in [-0.1, -0.05) is 18.2 Å². The van der Waals surface area contributed by atoms with Crippen LogP contribution in [0.3, 0.4) is 0 Å². The predicted octanol–water partition coefficient (Wildman–Crippen LogP) is 3.89. The third-order valence-corrected chi connectivity index (χ3v) is 3.93. The Labute approximate surface area is 126 Å². The zero-order chi connectivity index (χ0) is 13.9. The number of aromatic nitrogens is 2. The van der Waals surface area contributed by atoms with E-state index in [9.17, 15) is 0 Å². The van der Waals surface area contributed by atoms with Crippen LogP contribution in [0.5, 0.6) is 5.75 Å². The van der Waals surface area contributed by atoms with Gasteiger partial charge >= 0.3 is 0 Å². The fraction of sp³-hybridized carbons (Fsp3) is 0.188. The van der Waals surface area contributed by atoms with E-state index in [2.05, 4.69) is 43.5 Å². The Morgan fingerprint density at radius 2 is 2.05 bits per heavy atom. The van der Waals surface area contributed by atoms with Gasteiger partial charge in [0.15, 0.2) is 0 Å². The molecule has 4 heteroatoms. The van der Waals surface area contributed by atoms with Crippen molar-refractivity contribution in [2.75, 3.05) is 7.11 Å². The molecule has 0 atom stereocenters. The van der Waals surface area contributed by atoms with Crippen LogP contribution >= 0.6 is 15.9 Å². The topological polar surface area (TPSA) is 26.5 Å². The lowest BCUT2D eigenvalue weighted by molar-refractivity contribution is 0.414. The lowest BCUT2D eigenvalue weighted by atomic mass is 10.1. The van der Waals surface area contributed by atoms with E-state index in [-0.39, 0.29) is 0 Å². The number of ether oxygens (including phenoxy) is 1. The van der Waals surface area contributed by atoms with E-state index in [0.29, 0.717) is 0 Å². The van der Waals surface area contributed by atoms with Crippen LogP contribution in [-0.4, -0.2) is 16.5 Å². The molecule has 1 aromatic carbocycles. The molecule has 0 fully saturated rings. The lowest BCUT2D eigenvalue weighted by Crippen LogP contribution is -1.98. The Morgan fingerprint density at radius 3 is 2.90 bits per heavy atom. The van der Waals surface area contributed by atoms with Crippen molar-refractivity contribution in [1.29, 1.82) is 0 Å². The van der Waals surface area contributed by atoms with Gasteiger partial charge in [0, 0.05) is 12.6 Å². The van der Waals surface area contributed by atoms with Crippen LogP contribution in [0, 0.1) is 0 Å². The molecule has 0 spiro atoms. The smallest absolute Gasteiger partial charge is 0.132 e. The third kappa shape index (κ3) is 2.56. The second-order valence-electron chi connectivity index (χ2n) is 4.63. The van der Waals surface area contributed by atoms with Crippen LogP contribution in [-0.2, 0) is 12.8 Å². The number of rotatable bonds is 4. The summed E-state index contributed by atoms with van der Waals surface area (Å²) in [5.74, 6) is 1.96. The molecule has 3 aromatic rings. The molecule has 0 bridgehead atoms. The Hall–Kier alpha value is -1.81. The molecule has 0 aliphatic carbocycles. The summed E-state index contributed by atoms with van der Waals surface area (Å²) in [6.45, 7) is 0. The van der Waals surface area contributed by atoms with E-state index in [1.807, 2.05) is 30.5 Å². The minimum absolute atomic E-state index is 0.893. The molecular weight excluding hydrogens is 316 g/mol. The molecule has 0 N–H and O–H groups in total. The Kier molecular flexibility index (Phi) is 3.74. The van der Waals surface area contributed by atoms with Crippen LogP contribution in [0.2, 0.25) is 0 Å². The molecule has 3 rings (SSSR count). The van der Waals surface area contributed by atoms with Crippen LogP contribution < -0.4 is 4.74 Å². The van der Waals surface area contributed by atoms with Gasteiger partial charge in [-0.05, 0) is 52.2 Å². The zero-order valence-electron chi connectivity index (χ0n) is 11.2. The molecule has 2 aromatic heterocycles. The summed E-state index contributed by atoms with van der Waals surface area (Å²) in [4.78, 5) is 4.60. The molecule has 2 heterocycles. The van der Waals surface area contributed by atoms with Crippen molar-refractivity contribution in [1.82, 2.24) is 9.38 Å². The molecule has 20 heavy (non-hydrogen) atoms. The SMILES string of the molecule is COc1cccc(CCc2nc(Br)c3ccccn23)c1. The molecular formula is C16H15BrN2O. The number of methoxy groups -OCH3 is 1. The first kappa shape index (κ1) is 13.2. The summed E-state index contributed by atoms with van der Waals surface area (Å²) in [6, 6.07) is 14.3. The molecule has 0 radical (unpaired) electrons. The molecule has 0 saturated heterocycles. The van der Waals surface area contributed by atoms with E-state index in [4.69, 9.17) is 4.74 Å². The second-order valence-corrected chi connectivity index (χ2v) is 5.38. The van der Waals surface area contributed by atoms with E-state index < -0.39 is 0 Å². The van der Waals surface area contributed by atoms with Crippen LogP contribution in [0.4, 0.5) is 0 Å². The highest BCUT2D eigenvalue weighted by molar-refractivity contribution is 9.10. The fourth-order valence-electron chi connectivity index (χ4n) is 2.32. The summed E-state index contributed by atoms with van der Waals surface area (Å²) >= 11 is 3.51. The first-order chi connectivity index (χ1) is 9.78. The first-order valence-electron chi connectivity index (χ1n) is 6.52. The van der Waals surface area contributed by atoms with Crippen molar-refractivity contribution >= 4 is 21.4 Å². The normalized spacial score (nSPS) is 10.9. The average Bonchev–Trinajstić information content (AvgIpc) is 2.82. The lowest BCUT2D eigenvalue weighted by Gasteiger charge is -2.04. The van der Waals surface area contributed by atoms with Gasteiger partial charge in [-0.25, -0.2) is 4.98 Å². The van der Waals surface area contributed by atoms with Crippen molar-refractivity contribution in [2.45, 2.75) is 12.8 Å². The largest absolute Gasteiger partial charge is 0.497 e. The van der Waals surface area contributed by atoms with E-state index in [0.717, 1.165) is 34.5 Å². The predicted molar refractivity (Wildman–Crippen MR) is 83.3 cm³/mol. The number of nitrogens with zero attached hydrogens (tertiary/aromatic N) is 2. The molecule has 0 aliphatic rings. The quantitative estimate of drug-likeness (QED) is 0.725. The average molecular weight is 331 g/mol. The number of halogens is 1.